The van der Waals surface area contributed by atoms with E-state index >= 15 is 0 Å². The van der Waals surface area contributed by atoms with E-state index in [4.69, 9.17) is 9.97 Å². The summed E-state index contributed by atoms with van der Waals surface area (Å²) in [4.78, 5) is 17.6. The van der Waals surface area contributed by atoms with E-state index in [0.29, 0.717) is 5.82 Å². The van der Waals surface area contributed by atoms with Gasteiger partial charge >= 0.3 is 0 Å². The van der Waals surface area contributed by atoms with Gasteiger partial charge in [0.2, 0.25) is 0 Å². The number of aromatic nitrogens is 5. The first-order valence-electron chi connectivity index (χ1n) is 9.83. The van der Waals surface area contributed by atoms with Crippen LogP contribution in [0.4, 0.5) is 17.5 Å². The topological polar surface area (TPSA) is 88.8 Å². The zero-order valence-electron chi connectivity index (χ0n) is 16.6. The molecular weight excluding hydrogens is 364 g/mol. The number of H-pyrrole nitrogens is 2. The minimum absolute atomic E-state index is 0. The molecular formula is C21H26N8. The lowest BCUT2D eigenvalue weighted by Crippen LogP contribution is -2.44. The molecule has 0 amide bonds. The quantitative estimate of drug-likeness (QED) is 0.495. The van der Waals surface area contributed by atoms with Crippen LogP contribution in [0.1, 0.15) is 7.12 Å². The molecule has 8 heteroatoms. The van der Waals surface area contributed by atoms with Crippen molar-refractivity contribution < 1.29 is 1.43 Å². The Morgan fingerprint density at radius 3 is 2.66 bits per heavy atom. The van der Waals surface area contributed by atoms with Gasteiger partial charge in [0, 0.05) is 62.7 Å². The molecule has 4 heterocycles. The third-order valence-electron chi connectivity index (χ3n) is 5.32. The Kier molecular flexibility index (Phi) is 4.40. The highest BCUT2D eigenvalue weighted by atomic mass is 15.3. The van der Waals surface area contributed by atoms with Crippen LogP contribution in [0.2, 0.25) is 0 Å². The number of piperazine rings is 1. The zero-order chi connectivity index (χ0) is 19.8. The molecule has 5 rings (SSSR count). The SMILES string of the molecule is Cc1cc(Nc2cc(N3CCN(C)CC3)nc(-c3ccc4cc[nH]c4c3)n2)n[nH]1.[HH]. The first kappa shape index (κ1) is 17.7. The summed E-state index contributed by atoms with van der Waals surface area (Å²) in [6, 6.07) is 12.3. The van der Waals surface area contributed by atoms with Crippen molar-refractivity contribution in [2.24, 2.45) is 0 Å². The molecule has 0 atom stereocenters. The highest BCUT2D eigenvalue weighted by molar-refractivity contribution is 5.84. The molecule has 1 aliphatic heterocycles. The molecule has 4 aromatic rings. The molecule has 0 aliphatic carbocycles. The third kappa shape index (κ3) is 3.66. The van der Waals surface area contributed by atoms with Gasteiger partial charge in [-0.3, -0.25) is 5.10 Å². The lowest BCUT2D eigenvalue weighted by Gasteiger charge is -2.33. The Morgan fingerprint density at radius 2 is 1.86 bits per heavy atom. The lowest BCUT2D eigenvalue weighted by atomic mass is 10.1. The maximum absolute atomic E-state index is 4.90. The Balaban J connectivity index is 0.00000218. The van der Waals surface area contributed by atoms with Crippen molar-refractivity contribution in [3.8, 4) is 11.4 Å². The standard InChI is InChI=1S/C21H24N8.H2/c1-14-11-19(27-26-14)23-18-13-20(29-9-7-28(2)8-10-29)25-21(24-18)16-4-3-15-5-6-22-17(15)12-16;/h3-6,11-13,22H,7-10H2,1-2H3,(H2,23,24,25,26,27);1H. The van der Waals surface area contributed by atoms with Crippen molar-refractivity contribution in [3.63, 3.8) is 0 Å². The molecule has 0 radical (unpaired) electrons. The second kappa shape index (κ2) is 7.21. The number of hydrogen-bond donors (Lipinski definition) is 3. The summed E-state index contributed by atoms with van der Waals surface area (Å²) in [5, 5.41) is 11.7. The molecule has 1 aromatic carbocycles. The third-order valence-corrected chi connectivity index (χ3v) is 5.32. The van der Waals surface area contributed by atoms with E-state index in [-0.39, 0.29) is 1.43 Å². The van der Waals surface area contributed by atoms with Crippen molar-refractivity contribution in [2.45, 2.75) is 6.92 Å². The fourth-order valence-corrected chi connectivity index (χ4v) is 3.63. The van der Waals surface area contributed by atoms with Gasteiger partial charge in [0.15, 0.2) is 11.6 Å². The average molecular weight is 390 g/mol. The Bertz CT molecular complexity index is 1140. The van der Waals surface area contributed by atoms with Crippen LogP contribution in [0.15, 0.2) is 42.6 Å². The van der Waals surface area contributed by atoms with Gasteiger partial charge in [0.1, 0.15) is 11.6 Å². The van der Waals surface area contributed by atoms with Crippen molar-refractivity contribution in [2.75, 3.05) is 43.4 Å². The largest absolute Gasteiger partial charge is 0.361 e. The van der Waals surface area contributed by atoms with Crippen molar-refractivity contribution in [3.05, 3.63) is 48.3 Å². The van der Waals surface area contributed by atoms with Crippen molar-refractivity contribution in [1.29, 1.82) is 0 Å². The van der Waals surface area contributed by atoms with Gasteiger partial charge < -0.3 is 20.1 Å². The molecule has 1 fully saturated rings. The number of aromatic amines is 2. The Labute approximate surface area is 170 Å². The van der Waals surface area contributed by atoms with E-state index < -0.39 is 0 Å². The van der Waals surface area contributed by atoms with Crippen LogP contribution >= 0.6 is 0 Å². The fourth-order valence-electron chi connectivity index (χ4n) is 3.63. The maximum atomic E-state index is 4.90. The number of nitrogens with one attached hydrogen (secondary N) is 3. The minimum Gasteiger partial charge on any atom is -0.361 e. The van der Waals surface area contributed by atoms with Crippen LogP contribution in [-0.2, 0) is 0 Å². The molecule has 0 bridgehead atoms. The Hall–Kier alpha value is -3.39. The minimum atomic E-state index is 0. The van der Waals surface area contributed by atoms with Crippen LogP contribution in [0.3, 0.4) is 0 Å². The van der Waals surface area contributed by atoms with Crippen molar-refractivity contribution >= 4 is 28.4 Å². The normalized spacial score (nSPS) is 15.2. The first-order chi connectivity index (χ1) is 14.1. The molecule has 0 spiro atoms. The number of rotatable bonds is 4. The predicted molar refractivity (Wildman–Crippen MR) is 118 cm³/mol. The van der Waals surface area contributed by atoms with E-state index in [1.807, 2.05) is 25.3 Å². The second-order valence-electron chi connectivity index (χ2n) is 7.57. The second-order valence-corrected chi connectivity index (χ2v) is 7.57. The number of nitrogens with zero attached hydrogens (tertiary/aromatic N) is 5. The van der Waals surface area contributed by atoms with Gasteiger partial charge in [0.05, 0.1) is 0 Å². The van der Waals surface area contributed by atoms with Crippen LogP contribution in [0, 0.1) is 6.92 Å². The average Bonchev–Trinajstić information content (AvgIpc) is 3.36. The Morgan fingerprint density at radius 1 is 1.00 bits per heavy atom. The van der Waals surface area contributed by atoms with E-state index in [9.17, 15) is 0 Å². The fraction of sp³-hybridized carbons (Fsp3) is 0.286. The summed E-state index contributed by atoms with van der Waals surface area (Å²) < 4.78 is 0. The highest BCUT2D eigenvalue weighted by Gasteiger charge is 2.18. The van der Waals surface area contributed by atoms with E-state index in [0.717, 1.165) is 60.4 Å². The highest BCUT2D eigenvalue weighted by Crippen LogP contribution is 2.27. The number of benzene rings is 1. The summed E-state index contributed by atoms with van der Waals surface area (Å²) in [6.07, 6.45) is 1.95. The van der Waals surface area contributed by atoms with Gasteiger partial charge in [-0.15, -0.1) is 0 Å². The van der Waals surface area contributed by atoms with Gasteiger partial charge in [-0.1, -0.05) is 12.1 Å². The lowest BCUT2D eigenvalue weighted by molar-refractivity contribution is 0.312. The van der Waals surface area contributed by atoms with Gasteiger partial charge in [-0.05, 0) is 31.5 Å². The van der Waals surface area contributed by atoms with Gasteiger partial charge in [-0.2, -0.15) is 5.10 Å². The molecule has 29 heavy (non-hydrogen) atoms. The monoisotopic (exact) mass is 390 g/mol. The molecule has 150 valence electrons. The van der Waals surface area contributed by atoms with Crippen LogP contribution in [0.5, 0.6) is 0 Å². The first-order valence-corrected chi connectivity index (χ1v) is 9.83. The molecule has 1 saturated heterocycles. The summed E-state index contributed by atoms with van der Waals surface area (Å²) in [6.45, 7) is 5.92. The molecule has 8 nitrogen and oxygen atoms in total. The number of aryl methyl sites for hydroxylation is 1. The zero-order valence-corrected chi connectivity index (χ0v) is 16.6. The number of fused-ring (bicyclic) bond motifs is 1. The molecule has 3 aromatic heterocycles. The van der Waals surface area contributed by atoms with Crippen LogP contribution in [-0.4, -0.2) is 63.3 Å². The van der Waals surface area contributed by atoms with Gasteiger partial charge in [-0.25, -0.2) is 9.97 Å². The summed E-state index contributed by atoms with van der Waals surface area (Å²) in [5.74, 6) is 3.12. The van der Waals surface area contributed by atoms with E-state index in [1.165, 1.54) is 5.39 Å². The summed E-state index contributed by atoms with van der Waals surface area (Å²) >= 11 is 0. The number of hydrogen-bond acceptors (Lipinski definition) is 6. The number of likely N-dealkylation sites (N-methyl/N-ethyl adjacent to an activating group) is 1. The molecule has 0 unspecified atom stereocenters. The molecule has 0 saturated carbocycles. The summed E-state index contributed by atoms with van der Waals surface area (Å²) in [7, 11) is 2.15. The van der Waals surface area contributed by atoms with Crippen LogP contribution in [0.25, 0.3) is 22.3 Å². The van der Waals surface area contributed by atoms with Gasteiger partial charge in [0.25, 0.3) is 0 Å². The predicted octanol–water partition coefficient (Wildman–Crippen LogP) is 3.40. The van der Waals surface area contributed by atoms with E-state index in [1.54, 1.807) is 0 Å². The molecule has 1 aliphatic rings. The smallest absolute Gasteiger partial charge is 0.163 e. The summed E-state index contributed by atoms with van der Waals surface area (Å²) in [5.41, 5.74) is 3.06. The van der Waals surface area contributed by atoms with Crippen LogP contribution < -0.4 is 10.2 Å². The number of anilines is 3. The maximum Gasteiger partial charge on any atom is 0.163 e. The van der Waals surface area contributed by atoms with Crippen molar-refractivity contribution in [1.82, 2.24) is 30.0 Å². The van der Waals surface area contributed by atoms with E-state index in [2.05, 4.69) is 61.6 Å². The molecule has 3 N–H and O–H groups in total.